The lowest BCUT2D eigenvalue weighted by Crippen LogP contribution is -2.31. The second-order valence-electron chi connectivity index (χ2n) is 8.95. The number of hydrogen-bond acceptors (Lipinski definition) is 6. The SMILES string of the molecule is COc1cc2[nH]nc(-c3cnn([C@H]4CCN(C(=O)CO)C4)c3)c2nc1-c1cccc2c1CCC2. The number of benzene rings is 1. The van der Waals surface area contributed by atoms with Crippen LogP contribution in [0.1, 0.15) is 30.0 Å². The van der Waals surface area contributed by atoms with Gasteiger partial charge in [-0.2, -0.15) is 10.2 Å². The van der Waals surface area contributed by atoms with Crippen molar-refractivity contribution in [2.45, 2.75) is 31.7 Å². The summed E-state index contributed by atoms with van der Waals surface area (Å²) < 4.78 is 7.60. The first-order chi connectivity index (χ1) is 16.7. The average molecular weight is 459 g/mol. The number of pyridine rings is 1. The Labute approximate surface area is 196 Å². The molecule has 1 aromatic carbocycles. The first-order valence-electron chi connectivity index (χ1n) is 11.6. The highest BCUT2D eigenvalue weighted by molar-refractivity contribution is 5.92. The van der Waals surface area contributed by atoms with Gasteiger partial charge in [0, 0.05) is 36.5 Å². The molecule has 1 saturated heterocycles. The molecule has 1 atom stereocenters. The van der Waals surface area contributed by atoms with E-state index >= 15 is 0 Å². The van der Waals surface area contributed by atoms with Gasteiger partial charge in [-0.1, -0.05) is 18.2 Å². The molecule has 0 unspecified atom stereocenters. The third kappa shape index (κ3) is 3.35. The van der Waals surface area contributed by atoms with Crippen LogP contribution in [-0.2, 0) is 17.6 Å². The van der Waals surface area contributed by atoms with E-state index in [0.29, 0.717) is 13.1 Å². The van der Waals surface area contributed by atoms with Crippen LogP contribution in [0.3, 0.4) is 0 Å². The quantitative estimate of drug-likeness (QED) is 0.476. The van der Waals surface area contributed by atoms with Crippen molar-refractivity contribution in [2.75, 3.05) is 26.8 Å². The summed E-state index contributed by atoms with van der Waals surface area (Å²) in [4.78, 5) is 18.5. The number of nitrogens with one attached hydrogen (secondary N) is 1. The molecule has 0 radical (unpaired) electrons. The number of amides is 1. The number of ether oxygens (including phenoxy) is 1. The summed E-state index contributed by atoms with van der Waals surface area (Å²) in [5.41, 5.74) is 7.87. The van der Waals surface area contributed by atoms with Crippen LogP contribution in [0.2, 0.25) is 0 Å². The minimum absolute atomic E-state index is 0.0741. The van der Waals surface area contributed by atoms with Gasteiger partial charge in [0.2, 0.25) is 5.91 Å². The molecule has 1 amide bonds. The second-order valence-corrected chi connectivity index (χ2v) is 8.95. The Balaban J connectivity index is 1.38. The molecule has 174 valence electrons. The molecule has 2 N–H and O–H groups in total. The fraction of sp³-hybridized carbons (Fsp3) is 0.360. The molecule has 1 fully saturated rings. The molecule has 4 heterocycles. The number of carbonyl (C=O) groups excluding carboxylic acids is 1. The number of carbonyl (C=O) groups is 1. The third-order valence-corrected chi connectivity index (χ3v) is 7.02. The Bertz CT molecular complexity index is 1390. The van der Waals surface area contributed by atoms with Gasteiger partial charge in [-0.15, -0.1) is 0 Å². The minimum Gasteiger partial charge on any atom is -0.494 e. The summed E-state index contributed by atoms with van der Waals surface area (Å²) in [5, 5.41) is 21.3. The summed E-state index contributed by atoms with van der Waals surface area (Å²) in [6.07, 6.45) is 7.86. The number of hydrogen-bond donors (Lipinski definition) is 2. The molecule has 6 rings (SSSR count). The van der Waals surface area contributed by atoms with Crippen LogP contribution in [0, 0.1) is 0 Å². The van der Waals surface area contributed by atoms with Crippen molar-refractivity contribution in [2.24, 2.45) is 0 Å². The minimum atomic E-state index is -0.460. The van der Waals surface area contributed by atoms with E-state index in [-0.39, 0.29) is 11.9 Å². The number of aliphatic hydroxyl groups is 1. The Morgan fingerprint density at radius 2 is 2.21 bits per heavy atom. The van der Waals surface area contributed by atoms with E-state index in [1.54, 1.807) is 18.2 Å². The topological polar surface area (TPSA) is 109 Å². The monoisotopic (exact) mass is 458 g/mol. The number of likely N-dealkylation sites (tertiary alicyclic amines) is 1. The summed E-state index contributed by atoms with van der Waals surface area (Å²) in [6, 6.07) is 8.45. The lowest BCUT2D eigenvalue weighted by molar-refractivity contribution is -0.133. The van der Waals surface area contributed by atoms with Gasteiger partial charge >= 0.3 is 0 Å². The highest BCUT2D eigenvalue weighted by atomic mass is 16.5. The van der Waals surface area contributed by atoms with Gasteiger partial charge in [-0.3, -0.25) is 14.6 Å². The Kier molecular flexibility index (Phi) is 5.06. The Morgan fingerprint density at radius 3 is 3.06 bits per heavy atom. The summed E-state index contributed by atoms with van der Waals surface area (Å²) >= 11 is 0. The van der Waals surface area contributed by atoms with Crippen LogP contribution in [0.5, 0.6) is 5.75 Å². The average Bonchev–Trinajstić information content (AvgIpc) is 3.66. The Morgan fingerprint density at radius 1 is 1.29 bits per heavy atom. The van der Waals surface area contributed by atoms with E-state index < -0.39 is 6.61 Å². The number of nitrogens with zero attached hydrogens (tertiary/aromatic N) is 5. The van der Waals surface area contributed by atoms with Crippen LogP contribution in [0.25, 0.3) is 33.5 Å². The van der Waals surface area contributed by atoms with Crippen molar-refractivity contribution in [1.82, 2.24) is 29.9 Å². The summed E-state index contributed by atoms with van der Waals surface area (Å²) in [6.45, 7) is 0.704. The molecule has 4 aromatic rings. The van der Waals surface area contributed by atoms with Crippen LogP contribution in [0.15, 0.2) is 36.7 Å². The third-order valence-electron chi connectivity index (χ3n) is 7.02. The highest BCUT2D eigenvalue weighted by Gasteiger charge is 2.28. The number of aromatic nitrogens is 5. The standard InChI is InChI=1S/C25H26N6O3/c1-34-21-10-20-25(27-24(21)19-7-3-5-15-4-2-6-18(15)19)23(29-28-20)16-11-26-31(12-16)17-8-9-30(13-17)22(33)14-32/h3,5,7,10-12,17,32H,2,4,6,8-9,13-14H2,1H3,(H,28,29)/t17-/m0/s1. The smallest absolute Gasteiger partial charge is 0.248 e. The fourth-order valence-corrected chi connectivity index (χ4v) is 5.27. The normalized spacial score (nSPS) is 17.5. The van der Waals surface area contributed by atoms with Crippen molar-refractivity contribution < 1.29 is 14.6 Å². The molecule has 2 aliphatic rings. The number of H-pyrrole nitrogens is 1. The predicted molar refractivity (Wildman–Crippen MR) is 126 cm³/mol. The van der Waals surface area contributed by atoms with Gasteiger partial charge in [0.1, 0.15) is 29.3 Å². The van der Waals surface area contributed by atoms with E-state index in [4.69, 9.17) is 14.8 Å². The lowest BCUT2D eigenvalue weighted by atomic mass is 9.99. The summed E-state index contributed by atoms with van der Waals surface area (Å²) in [5.74, 6) is 0.476. The molecule has 3 aromatic heterocycles. The summed E-state index contributed by atoms with van der Waals surface area (Å²) in [7, 11) is 1.67. The first kappa shape index (κ1) is 20.9. The van der Waals surface area contributed by atoms with E-state index in [1.165, 1.54) is 11.1 Å². The number of aryl methyl sites for hydroxylation is 1. The van der Waals surface area contributed by atoms with Gasteiger partial charge in [0.25, 0.3) is 0 Å². The maximum Gasteiger partial charge on any atom is 0.248 e. The Hall–Kier alpha value is -3.72. The maximum absolute atomic E-state index is 11.8. The molecule has 9 heteroatoms. The predicted octanol–water partition coefficient (Wildman–Crippen LogP) is 2.75. The van der Waals surface area contributed by atoms with Crippen molar-refractivity contribution in [3.8, 4) is 28.3 Å². The van der Waals surface area contributed by atoms with Gasteiger partial charge < -0.3 is 14.7 Å². The van der Waals surface area contributed by atoms with Crippen LogP contribution in [-0.4, -0.2) is 67.7 Å². The first-order valence-corrected chi connectivity index (χ1v) is 11.6. The van der Waals surface area contributed by atoms with Crippen LogP contribution < -0.4 is 4.74 Å². The van der Waals surface area contributed by atoms with Crippen molar-refractivity contribution >= 4 is 16.9 Å². The molecular weight excluding hydrogens is 432 g/mol. The number of rotatable bonds is 5. The molecule has 1 aliphatic heterocycles. The van der Waals surface area contributed by atoms with E-state index in [0.717, 1.165) is 65.0 Å². The molecule has 0 spiro atoms. The van der Waals surface area contributed by atoms with Gasteiger partial charge in [-0.25, -0.2) is 4.98 Å². The van der Waals surface area contributed by atoms with Crippen LogP contribution in [0.4, 0.5) is 0 Å². The van der Waals surface area contributed by atoms with E-state index in [1.807, 2.05) is 16.9 Å². The fourth-order valence-electron chi connectivity index (χ4n) is 5.27. The number of aromatic amines is 1. The zero-order valence-electron chi connectivity index (χ0n) is 19.0. The van der Waals surface area contributed by atoms with Crippen molar-refractivity contribution in [3.05, 3.63) is 47.8 Å². The van der Waals surface area contributed by atoms with E-state index in [9.17, 15) is 4.79 Å². The van der Waals surface area contributed by atoms with Crippen LogP contribution >= 0.6 is 0 Å². The molecular formula is C25H26N6O3. The van der Waals surface area contributed by atoms with Crippen molar-refractivity contribution in [3.63, 3.8) is 0 Å². The zero-order chi connectivity index (χ0) is 23.2. The van der Waals surface area contributed by atoms with Gasteiger partial charge in [0.05, 0.1) is 24.9 Å². The number of fused-ring (bicyclic) bond motifs is 2. The zero-order valence-corrected chi connectivity index (χ0v) is 19.0. The lowest BCUT2D eigenvalue weighted by Gasteiger charge is -2.15. The molecule has 0 saturated carbocycles. The van der Waals surface area contributed by atoms with Crippen molar-refractivity contribution in [1.29, 1.82) is 0 Å². The molecule has 9 nitrogen and oxygen atoms in total. The largest absolute Gasteiger partial charge is 0.494 e. The molecule has 1 aliphatic carbocycles. The molecule has 0 bridgehead atoms. The number of methoxy groups -OCH3 is 1. The molecule has 34 heavy (non-hydrogen) atoms. The number of aliphatic hydroxyl groups excluding tert-OH is 1. The second kappa shape index (κ2) is 8.25. The maximum atomic E-state index is 11.8. The van der Waals surface area contributed by atoms with E-state index in [2.05, 4.69) is 33.5 Å². The van der Waals surface area contributed by atoms with Gasteiger partial charge in [-0.05, 0) is 36.8 Å². The highest BCUT2D eigenvalue weighted by Crippen LogP contribution is 2.38. The van der Waals surface area contributed by atoms with Gasteiger partial charge in [0.15, 0.2) is 0 Å².